The molecule has 4 nitrogen and oxygen atoms in total. The Balaban J connectivity index is 1.73. The van der Waals surface area contributed by atoms with Crippen molar-refractivity contribution < 1.29 is 9.47 Å². The Hall–Kier alpha value is -4.28. The number of hydrogen-bond donors (Lipinski definition) is 0. The molecule has 0 bridgehead atoms. The Morgan fingerprint density at radius 1 is 0.742 bits per heavy atom. The molecule has 31 heavy (non-hydrogen) atoms. The first kappa shape index (κ1) is 21.4. The summed E-state index contributed by atoms with van der Waals surface area (Å²) in [4.78, 5) is 7.12. The Bertz CT molecular complexity index is 1160. The molecular formula is C27H22N2O2. The summed E-state index contributed by atoms with van der Waals surface area (Å²) in [5.41, 5.74) is 4.57. The zero-order chi connectivity index (χ0) is 22.1. The fourth-order valence-corrected chi connectivity index (χ4v) is 2.85. The maximum Gasteiger partial charge on any atom is 0.195 e. The van der Waals surface area contributed by atoms with E-state index in [4.69, 9.17) is 22.6 Å². The van der Waals surface area contributed by atoms with Crippen molar-refractivity contribution >= 4 is 12.2 Å². The number of aryl methyl sites for hydroxylation is 1. The van der Waals surface area contributed by atoms with E-state index in [1.165, 1.54) is 5.56 Å². The minimum atomic E-state index is 0.291. The highest BCUT2D eigenvalue weighted by Crippen LogP contribution is 2.23. The first-order valence-corrected chi connectivity index (χ1v) is 9.72. The molecule has 152 valence electrons. The smallest absolute Gasteiger partial charge is 0.195 e. The van der Waals surface area contributed by atoms with Gasteiger partial charge in [-0.2, -0.15) is 0 Å². The lowest BCUT2D eigenvalue weighted by atomic mass is 10.1. The highest BCUT2D eigenvalue weighted by Gasteiger charge is 2.07. The quantitative estimate of drug-likeness (QED) is 0.319. The second-order valence-corrected chi connectivity index (χ2v) is 6.90. The summed E-state index contributed by atoms with van der Waals surface area (Å²) in [6.45, 7) is 17.6. The van der Waals surface area contributed by atoms with Crippen LogP contribution in [0.2, 0.25) is 0 Å². The summed E-state index contributed by atoms with van der Waals surface area (Å²) < 4.78 is 11.0. The molecule has 0 aromatic heterocycles. The molecule has 0 atom stereocenters. The van der Waals surface area contributed by atoms with Crippen LogP contribution in [0.15, 0.2) is 84.2 Å². The van der Waals surface area contributed by atoms with Crippen LogP contribution in [0.4, 0.5) is 0 Å². The van der Waals surface area contributed by atoms with E-state index in [1.807, 2.05) is 48.5 Å². The van der Waals surface area contributed by atoms with Gasteiger partial charge < -0.3 is 9.47 Å². The van der Waals surface area contributed by atoms with Crippen molar-refractivity contribution in [1.82, 2.24) is 0 Å². The van der Waals surface area contributed by atoms with Crippen LogP contribution in [0.3, 0.4) is 0 Å². The van der Waals surface area contributed by atoms with Crippen molar-refractivity contribution in [3.8, 4) is 11.5 Å². The van der Waals surface area contributed by atoms with Gasteiger partial charge in [-0.3, -0.25) is 9.69 Å². The van der Waals surface area contributed by atoms with Gasteiger partial charge in [0.05, 0.1) is 20.3 Å². The predicted octanol–water partition coefficient (Wildman–Crippen LogP) is 6.80. The Kier molecular flexibility index (Phi) is 7.25. The highest BCUT2D eigenvalue weighted by atomic mass is 16.5. The molecule has 0 unspecified atom stereocenters. The van der Waals surface area contributed by atoms with Crippen LogP contribution in [0.5, 0.6) is 11.5 Å². The van der Waals surface area contributed by atoms with Crippen molar-refractivity contribution in [3.63, 3.8) is 0 Å². The summed E-state index contributed by atoms with van der Waals surface area (Å²) in [6.07, 6.45) is 3.42. The topological polar surface area (TPSA) is 27.2 Å². The molecule has 3 aromatic carbocycles. The number of ether oxygens (including phenoxy) is 2. The fourth-order valence-electron chi connectivity index (χ4n) is 2.85. The molecule has 0 saturated carbocycles. The molecule has 0 spiro atoms. The van der Waals surface area contributed by atoms with Gasteiger partial charge in [0.1, 0.15) is 18.1 Å². The van der Waals surface area contributed by atoms with Gasteiger partial charge in [-0.15, -0.1) is 0 Å². The van der Waals surface area contributed by atoms with Crippen molar-refractivity contribution in [2.75, 3.05) is 7.11 Å². The third-order valence-electron chi connectivity index (χ3n) is 4.63. The van der Waals surface area contributed by atoms with Crippen LogP contribution in [-0.2, 0) is 6.61 Å². The van der Waals surface area contributed by atoms with E-state index in [9.17, 15) is 0 Å². The lowest BCUT2D eigenvalue weighted by molar-refractivity contribution is 0.306. The maximum atomic E-state index is 7.52. The van der Waals surface area contributed by atoms with Crippen LogP contribution in [0.25, 0.3) is 21.8 Å². The number of hydrogen-bond acceptors (Lipinski definition) is 2. The molecule has 0 radical (unpaired) electrons. The molecule has 3 rings (SSSR count). The van der Waals surface area contributed by atoms with Crippen molar-refractivity contribution in [3.05, 3.63) is 129 Å². The molecule has 0 N–H and O–H groups in total. The molecule has 0 aliphatic carbocycles. The van der Waals surface area contributed by atoms with Gasteiger partial charge in [0.25, 0.3) is 0 Å². The second-order valence-electron chi connectivity index (χ2n) is 6.90. The van der Waals surface area contributed by atoms with Crippen LogP contribution in [0.1, 0.15) is 22.3 Å². The van der Waals surface area contributed by atoms with E-state index in [0.29, 0.717) is 18.0 Å². The van der Waals surface area contributed by atoms with Gasteiger partial charge in [0.15, 0.2) is 11.4 Å². The first-order valence-electron chi connectivity index (χ1n) is 9.72. The van der Waals surface area contributed by atoms with E-state index in [0.717, 1.165) is 28.2 Å². The number of methoxy groups -OCH3 is 1. The molecule has 0 aliphatic heterocycles. The lowest BCUT2D eigenvalue weighted by Crippen LogP contribution is -1.95. The second kappa shape index (κ2) is 10.5. The number of benzene rings is 3. The van der Waals surface area contributed by atoms with Gasteiger partial charge in [0, 0.05) is 0 Å². The molecule has 0 saturated heterocycles. The Morgan fingerprint density at radius 3 is 1.68 bits per heavy atom. The van der Waals surface area contributed by atoms with Crippen LogP contribution in [-0.4, -0.2) is 7.11 Å². The molecular weight excluding hydrogens is 384 g/mol. The highest BCUT2D eigenvalue weighted by molar-refractivity contribution is 5.70. The van der Waals surface area contributed by atoms with Crippen molar-refractivity contribution in [2.45, 2.75) is 13.5 Å². The zero-order valence-electron chi connectivity index (χ0n) is 17.5. The van der Waals surface area contributed by atoms with Crippen molar-refractivity contribution in [1.29, 1.82) is 0 Å². The zero-order valence-corrected chi connectivity index (χ0v) is 17.5. The third kappa shape index (κ3) is 6.10. The maximum absolute atomic E-state index is 7.52. The van der Waals surface area contributed by atoms with Gasteiger partial charge in [-0.25, -0.2) is 0 Å². The van der Waals surface area contributed by atoms with Gasteiger partial charge >= 0.3 is 0 Å². The molecule has 0 amide bonds. The minimum absolute atomic E-state index is 0.291. The number of nitrogens with zero attached hydrogens (tertiary/aromatic N) is 2. The monoisotopic (exact) mass is 406 g/mol. The van der Waals surface area contributed by atoms with E-state index in [2.05, 4.69) is 40.9 Å². The Labute approximate surface area is 183 Å². The minimum Gasteiger partial charge on any atom is -0.497 e. The van der Waals surface area contributed by atoms with Gasteiger partial charge in [-0.05, 0) is 47.9 Å². The van der Waals surface area contributed by atoms with E-state index in [1.54, 1.807) is 19.3 Å². The average molecular weight is 406 g/mol. The van der Waals surface area contributed by atoms with Crippen LogP contribution in [0, 0.1) is 20.1 Å². The Morgan fingerprint density at radius 2 is 1.23 bits per heavy atom. The van der Waals surface area contributed by atoms with Gasteiger partial charge in [0.2, 0.25) is 0 Å². The summed E-state index contributed by atoms with van der Waals surface area (Å²) in [5, 5.41) is 0. The van der Waals surface area contributed by atoms with Crippen molar-refractivity contribution in [2.24, 2.45) is 0 Å². The lowest BCUT2D eigenvalue weighted by Gasteiger charge is -2.07. The van der Waals surface area contributed by atoms with E-state index >= 15 is 0 Å². The van der Waals surface area contributed by atoms with Crippen LogP contribution < -0.4 is 9.47 Å². The van der Waals surface area contributed by atoms with Crippen LogP contribution >= 0.6 is 0 Å². The summed E-state index contributed by atoms with van der Waals surface area (Å²) in [7, 11) is 1.61. The third-order valence-corrected chi connectivity index (χ3v) is 4.63. The summed E-state index contributed by atoms with van der Waals surface area (Å²) in [5.74, 6) is 1.49. The molecule has 0 fully saturated rings. The average Bonchev–Trinajstić information content (AvgIpc) is 2.82. The van der Waals surface area contributed by atoms with E-state index < -0.39 is 0 Å². The standard InChI is InChI=1S/C27H22N2O2/c1-20-5-7-23(8-6-20)19-31-25-15-11-22(12-16-25)18-27(29-3)26(28-2)17-21-9-13-24(30-4)14-10-21/h5-18H,19H2,1,4H3/b26-17-,27-18-. The van der Waals surface area contributed by atoms with E-state index in [-0.39, 0.29) is 0 Å². The molecule has 3 aromatic rings. The predicted molar refractivity (Wildman–Crippen MR) is 124 cm³/mol. The number of rotatable bonds is 7. The SMILES string of the molecule is [C-]#[N+]C(=C\c1ccc(OC)cc1)/C(=C/c1ccc(OCc2ccc(C)cc2)cc1)[N+]#[C-]. The summed E-state index contributed by atoms with van der Waals surface area (Å²) >= 11 is 0. The molecule has 4 heteroatoms. The normalized spacial score (nSPS) is 11.4. The van der Waals surface area contributed by atoms with Gasteiger partial charge in [-0.1, -0.05) is 66.2 Å². The molecule has 0 aliphatic rings. The molecule has 0 heterocycles. The first-order chi connectivity index (χ1) is 15.1. The fraction of sp³-hybridized carbons (Fsp3) is 0.111. The summed E-state index contributed by atoms with van der Waals surface area (Å²) in [6, 6.07) is 23.1. The largest absolute Gasteiger partial charge is 0.497 e.